The van der Waals surface area contributed by atoms with Gasteiger partial charge in [0.25, 0.3) is 5.91 Å². The van der Waals surface area contributed by atoms with Crippen molar-refractivity contribution in [1.29, 1.82) is 0 Å². The zero-order valence-electron chi connectivity index (χ0n) is 17.0. The molecule has 0 aliphatic rings. The number of ether oxygens (including phenoxy) is 1. The van der Waals surface area contributed by atoms with Gasteiger partial charge in [-0.3, -0.25) is 24.8 Å². The number of ketones is 1. The highest BCUT2D eigenvalue weighted by Crippen LogP contribution is 2.18. The van der Waals surface area contributed by atoms with Crippen molar-refractivity contribution in [2.75, 3.05) is 12.0 Å². The molecular weight excluding hydrogens is 396 g/mol. The van der Waals surface area contributed by atoms with Crippen molar-refractivity contribution in [3.05, 3.63) is 88.9 Å². The number of Topliss-reactive ketones (excluding diaryl/α,β-unsaturated/α-hetero) is 1. The average molecular weight is 416 g/mol. The van der Waals surface area contributed by atoms with Gasteiger partial charge in [0.15, 0.2) is 12.3 Å². The maximum Gasteiger partial charge on any atom is 0.359 e. The van der Waals surface area contributed by atoms with Gasteiger partial charge >= 0.3 is 5.97 Å². The minimum absolute atomic E-state index is 0.129. The number of aromatic nitrogens is 3. The number of para-hydroxylation sites is 1. The normalized spacial score (nSPS) is 10.8. The lowest BCUT2D eigenvalue weighted by atomic mass is 10.1. The van der Waals surface area contributed by atoms with E-state index in [1.54, 1.807) is 67.1 Å². The number of hydrogen-bond acceptors (Lipinski definition) is 5. The van der Waals surface area contributed by atoms with Crippen molar-refractivity contribution in [1.82, 2.24) is 14.9 Å². The van der Waals surface area contributed by atoms with E-state index in [9.17, 15) is 14.4 Å². The van der Waals surface area contributed by atoms with Gasteiger partial charge in [0.1, 0.15) is 0 Å². The van der Waals surface area contributed by atoms with Crippen LogP contribution in [0.15, 0.2) is 60.7 Å². The Morgan fingerprint density at radius 2 is 1.74 bits per heavy atom. The summed E-state index contributed by atoms with van der Waals surface area (Å²) in [5.74, 6) is -1.35. The van der Waals surface area contributed by atoms with Gasteiger partial charge in [0, 0.05) is 27.9 Å². The molecule has 2 N–H and O–H groups in total. The first-order chi connectivity index (χ1) is 15.0. The van der Waals surface area contributed by atoms with Gasteiger partial charge in [0.2, 0.25) is 5.78 Å². The van der Waals surface area contributed by atoms with Crippen LogP contribution in [-0.4, -0.2) is 39.1 Å². The van der Waals surface area contributed by atoms with E-state index >= 15 is 0 Å². The van der Waals surface area contributed by atoms with Crippen molar-refractivity contribution >= 4 is 28.6 Å². The van der Waals surface area contributed by atoms with Crippen LogP contribution >= 0.6 is 0 Å². The van der Waals surface area contributed by atoms with Crippen molar-refractivity contribution < 1.29 is 19.1 Å². The molecule has 8 heteroatoms. The molecule has 0 bridgehead atoms. The maximum absolute atomic E-state index is 12.7. The Morgan fingerprint density at radius 1 is 1.03 bits per heavy atom. The van der Waals surface area contributed by atoms with E-state index in [1.165, 1.54) is 0 Å². The molecular formula is C23H20N4O4. The third-order valence-corrected chi connectivity index (χ3v) is 4.98. The van der Waals surface area contributed by atoms with Crippen LogP contribution in [-0.2, 0) is 4.74 Å². The fourth-order valence-corrected chi connectivity index (χ4v) is 3.37. The lowest BCUT2D eigenvalue weighted by Gasteiger charge is -2.11. The third kappa shape index (κ3) is 3.95. The molecule has 4 aromatic rings. The van der Waals surface area contributed by atoms with Crippen LogP contribution in [0, 0.1) is 13.8 Å². The Bertz CT molecular complexity index is 1290. The summed E-state index contributed by atoms with van der Waals surface area (Å²) in [6.45, 7) is 3.06. The summed E-state index contributed by atoms with van der Waals surface area (Å²) in [5, 5.41) is 7.37. The first kappa shape index (κ1) is 20.1. The van der Waals surface area contributed by atoms with Crippen molar-refractivity contribution in [2.45, 2.75) is 13.8 Å². The van der Waals surface area contributed by atoms with Gasteiger partial charge in [0.05, 0.1) is 5.52 Å². The maximum atomic E-state index is 12.7. The molecule has 8 nitrogen and oxygen atoms in total. The highest BCUT2D eigenvalue weighted by atomic mass is 16.5. The van der Waals surface area contributed by atoms with E-state index in [0.29, 0.717) is 33.4 Å². The molecule has 0 saturated carbocycles. The van der Waals surface area contributed by atoms with Gasteiger partial charge in [-0.1, -0.05) is 36.4 Å². The number of nitrogens with one attached hydrogen (secondary N) is 2. The number of carbonyl (C=O) groups is 3. The molecule has 1 amide bonds. The summed E-state index contributed by atoms with van der Waals surface area (Å²) in [6, 6.07) is 17.6. The summed E-state index contributed by atoms with van der Waals surface area (Å²) in [4.78, 5) is 37.5. The number of benzene rings is 2. The summed E-state index contributed by atoms with van der Waals surface area (Å²) in [7, 11) is 0. The second-order valence-electron chi connectivity index (χ2n) is 7.04. The zero-order chi connectivity index (χ0) is 22.0. The van der Waals surface area contributed by atoms with E-state index < -0.39 is 12.6 Å². The second-order valence-corrected chi connectivity index (χ2v) is 7.04. The van der Waals surface area contributed by atoms with E-state index in [-0.39, 0.29) is 17.4 Å². The fraction of sp³-hybridized carbons (Fsp3) is 0.130. The molecule has 0 radical (unpaired) electrons. The number of aryl methyl sites for hydroxylation is 1. The molecule has 2 heterocycles. The first-order valence-electron chi connectivity index (χ1n) is 9.64. The monoisotopic (exact) mass is 416 g/mol. The minimum atomic E-state index is -0.683. The molecule has 4 rings (SSSR count). The predicted molar refractivity (Wildman–Crippen MR) is 115 cm³/mol. The Balaban J connectivity index is 1.46. The SMILES string of the molecule is Cc1cc(C(=O)COC(=O)c2n[nH]c3ccccc23)c(C)n1NC(=O)c1ccccc1. The Morgan fingerprint density at radius 3 is 2.52 bits per heavy atom. The van der Waals surface area contributed by atoms with Crippen molar-refractivity contribution in [3.63, 3.8) is 0 Å². The molecule has 0 fully saturated rings. The fourth-order valence-electron chi connectivity index (χ4n) is 3.37. The number of rotatable bonds is 6. The summed E-state index contributed by atoms with van der Waals surface area (Å²) < 4.78 is 6.74. The number of carbonyl (C=O) groups excluding carboxylic acids is 3. The second kappa shape index (κ2) is 8.27. The number of nitrogens with zero attached hydrogens (tertiary/aromatic N) is 2. The molecule has 2 aromatic heterocycles. The predicted octanol–water partition coefficient (Wildman–Crippen LogP) is 3.40. The van der Waals surface area contributed by atoms with Crippen LogP contribution in [0.4, 0.5) is 0 Å². The van der Waals surface area contributed by atoms with Crippen LogP contribution in [0.3, 0.4) is 0 Å². The van der Waals surface area contributed by atoms with Crippen molar-refractivity contribution in [2.24, 2.45) is 0 Å². The third-order valence-electron chi connectivity index (χ3n) is 4.98. The molecule has 31 heavy (non-hydrogen) atoms. The van der Waals surface area contributed by atoms with E-state index in [4.69, 9.17) is 4.74 Å². The lowest BCUT2D eigenvalue weighted by molar-refractivity contribution is 0.0470. The molecule has 156 valence electrons. The molecule has 0 atom stereocenters. The number of hydrogen-bond donors (Lipinski definition) is 2. The quantitative estimate of drug-likeness (QED) is 0.370. The summed E-state index contributed by atoms with van der Waals surface area (Å²) in [5.41, 5.74) is 5.71. The number of aromatic amines is 1. The van der Waals surface area contributed by atoms with Gasteiger partial charge in [-0.25, -0.2) is 4.79 Å². The van der Waals surface area contributed by atoms with Crippen LogP contribution in [0.2, 0.25) is 0 Å². The number of amides is 1. The molecule has 2 aromatic carbocycles. The van der Waals surface area contributed by atoms with Crippen molar-refractivity contribution in [3.8, 4) is 0 Å². The van der Waals surface area contributed by atoms with Crippen LogP contribution in [0.1, 0.15) is 42.6 Å². The highest BCUT2D eigenvalue weighted by molar-refractivity contribution is 6.04. The largest absolute Gasteiger partial charge is 0.452 e. The molecule has 0 unspecified atom stereocenters. The molecule has 0 saturated heterocycles. The average Bonchev–Trinajstić information content (AvgIpc) is 3.34. The highest BCUT2D eigenvalue weighted by Gasteiger charge is 2.21. The lowest BCUT2D eigenvalue weighted by Crippen LogP contribution is -2.25. The topological polar surface area (TPSA) is 106 Å². The molecule has 0 spiro atoms. The zero-order valence-corrected chi connectivity index (χ0v) is 17.0. The minimum Gasteiger partial charge on any atom is -0.452 e. The van der Waals surface area contributed by atoms with Gasteiger partial charge in [-0.2, -0.15) is 5.10 Å². The molecule has 0 aliphatic heterocycles. The van der Waals surface area contributed by atoms with Crippen LogP contribution in [0.25, 0.3) is 10.9 Å². The Hall–Kier alpha value is -4.20. The standard InChI is InChI=1S/C23H20N4O4/c1-14-12-18(15(2)27(14)26-22(29)16-8-4-3-5-9-16)20(28)13-31-23(30)21-17-10-6-7-11-19(17)24-25-21/h3-12H,13H2,1-2H3,(H,24,25)(H,26,29). The van der Waals surface area contributed by atoms with E-state index in [1.807, 2.05) is 12.1 Å². The molecule has 0 aliphatic carbocycles. The van der Waals surface area contributed by atoms with Gasteiger partial charge in [-0.05, 0) is 38.1 Å². The number of esters is 1. The smallest absolute Gasteiger partial charge is 0.359 e. The summed E-state index contributed by atoms with van der Waals surface area (Å²) in [6.07, 6.45) is 0. The van der Waals surface area contributed by atoms with Gasteiger partial charge < -0.3 is 4.74 Å². The van der Waals surface area contributed by atoms with Gasteiger partial charge in [-0.15, -0.1) is 0 Å². The van der Waals surface area contributed by atoms with E-state index in [0.717, 1.165) is 0 Å². The number of fused-ring (bicyclic) bond motifs is 1. The Labute approximate surface area is 177 Å². The van der Waals surface area contributed by atoms with E-state index in [2.05, 4.69) is 15.6 Å². The van der Waals surface area contributed by atoms with Crippen LogP contribution in [0.5, 0.6) is 0 Å². The Kier molecular flexibility index (Phi) is 5.36. The summed E-state index contributed by atoms with van der Waals surface area (Å²) >= 11 is 0. The van der Waals surface area contributed by atoms with Crippen LogP contribution < -0.4 is 5.43 Å². The first-order valence-corrected chi connectivity index (χ1v) is 9.64. The number of H-pyrrole nitrogens is 1.